The van der Waals surface area contributed by atoms with Crippen molar-refractivity contribution in [3.8, 4) is 0 Å². The molecule has 3 aromatic carbocycles. The van der Waals surface area contributed by atoms with Gasteiger partial charge in [0.15, 0.2) is 0 Å². The number of rotatable bonds is 2. The second-order valence-corrected chi connectivity index (χ2v) is 6.41. The van der Waals surface area contributed by atoms with Crippen molar-refractivity contribution in [2.24, 2.45) is 0 Å². The zero-order valence-electron chi connectivity index (χ0n) is 11.5. The van der Waals surface area contributed by atoms with Crippen molar-refractivity contribution in [2.45, 2.75) is 13.0 Å². The van der Waals surface area contributed by atoms with Crippen LogP contribution >= 0.6 is 27.5 Å². The van der Waals surface area contributed by atoms with Crippen molar-refractivity contribution >= 4 is 38.3 Å². The van der Waals surface area contributed by atoms with Crippen LogP contribution in [0.2, 0.25) is 5.02 Å². The topological polar surface area (TPSA) is 20.2 Å². The van der Waals surface area contributed by atoms with Crippen molar-refractivity contribution in [3.63, 3.8) is 0 Å². The lowest BCUT2D eigenvalue weighted by Gasteiger charge is -2.17. The Morgan fingerprint density at radius 1 is 0.952 bits per heavy atom. The van der Waals surface area contributed by atoms with Gasteiger partial charge in [0, 0.05) is 15.1 Å². The first kappa shape index (κ1) is 14.6. The molecule has 0 aromatic heterocycles. The Morgan fingerprint density at radius 2 is 1.62 bits per heavy atom. The summed E-state index contributed by atoms with van der Waals surface area (Å²) < 4.78 is 0.900. The molecular weight excluding hydrogens is 348 g/mol. The molecule has 21 heavy (non-hydrogen) atoms. The second kappa shape index (κ2) is 5.80. The van der Waals surface area contributed by atoms with Gasteiger partial charge in [0.25, 0.3) is 0 Å². The van der Waals surface area contributed by atoms with Gasteiger partial charge in [-0.1, -0.05) is 70.0 Å². The third kappa shape index (κ3) is 2.71. The molecular formula is C18H14BrClO. The zero-order chi connectivity index (χ0) is 15.0. The molecule has 106 valence electrons. The SMILES string of the molecule is Cc1ccc(C(O)c2ccc(Br)cc2Cl)c2ccccc12. The number of hydrogen-bond donors (Lipinski definition) is 1. The Balaban J connectivity index is 2.18. The number of fused-ring (bicyclic) bond motifs is 1. The molecule has 1 N–H and O–H groups in total. The molecule has 0 fully saturated rings. The summed E-state index contributed by atoms with van der Waals surface area (Å²) in [6, 6.07) is 17.7. The summed E-state index contributed by atoms with van der Waals surface area (Å²) in [5.41, 5.74) is 2.79. The van der Waals surface area contributed by atoms with Crippen LogP contribution in [0.1, 0.15) is 22.8 Å². The highest BCUT2D eigenvalue weighted by molar-refractivity contribution is 9.10. The predicted molar refractivity (Wildman–Crippen MR) is 91.9 cm³/mol. The molecule has 1 atom stereocenters. The van der Waals surface area contributed by atoms with E-state index in [9.17, 15) is 5.11 Å². The Hall–Kier alpha value is -1.35. The molecule has 0 radical (unpaired) electrons. The maximum Gasteiger partial charge on any atom is 0.106 e. The van der Waals surface area contributed by atoms with Crippen LogP contribution in [-0.4, -0.2) is 5.11 Å². The van der Waals surface area contributed by atoms with Gasteiger partial charge in [0.2, 0.25) is 0 Å². The van der Waals surface area contributed by atoms with E-state index in [4.69, 9.17) is 11.6 Å². The van der Waals surface area contributed by atoms with E-state index in [0.29, 0.717) is 10.6 Å². The van der Waals surface area contributed by atoms with Crippen molar-refractivity contribution in [1.29, 1.82) is 0 Å². The van der Waals surface area contributed by atoms with E-state index < -0.39 is 6.10 Å². The van der Waals surface area contributed by atoms with E-state index >= 15 is 0 Å². The molecule has 0 aliphatic carbocycles. The molecule has 0 amide bonds. The Kier molecular flexibility index (Phi) is 4.03. The van der Waals surface area contributed by atoms with Gasteiger partial charge in [-0.15, -0.1) is 0 Å². The summed E-state index contributed by atoms with van der Waals surface area (Å²) in [5.74, 6) is 0. The van der Waals surface area contributed by atoms with Crippen molar-refractivity contribution in [1.82, 2.24) is 0 Å². The van der Waals surface area contributed by atoms with Crippen LogP contribution in [0.3, 0.4) is 0 Å². The highest BCUT2D eigenvalue weighted by atomic mass is 79.9. The fourth-order valence-corrected chi connectivity index (χ4v) is 3.38. The maximum absolute atomic E-state index is 10.8. The number of aliphatic hydroxyl groups excluding tert-OH is 1. The van der Waals surface area contributed by atoms with Crippen LogP contribution in [0.25, 0.3) is 10.8 Å². The monoisotopic (exact) mass is 360 g/mol. The van der Waals surface area contributed by atoms with Crippen LogP contribution < -0.4 is 0 Å². The fourth-order valence-electron chi connectivity index (χ4n) is 2.60. The molecule has 0 saturated heterocycles. The highest BCUT2D eigenvalue weighted by Gasteiger charge is 2.17. The molecule has 3 rings (SSSR count). The predicted octanol–water partition coefficient (Wildman–Crippen LogP) is 5.65. The standard InChI is InChI=1S/C18H14BrClO/c1-11-6-8-15(14-5-3-2-4-13(11)14)18(21)16-9-7-12(19)10-17(16)20/h2-10,18,21H,1H3. The van der Waals surface area contributed by atoms with Crippen molar-refractivity contribution < 1.29 is 5.11 Å². The first-order chi connectivity index (χ1) is 10.1. The van der Waals surface area contributed by atoms with Gasteiger partial charge < -0.3 is 5.11 Å². The molecule has 0 aliphatic heterocycles. The maximum atomic E-state index is 10.8. The third-order valence-corrected chi connectivity index (χ3v) is 4.55. The summed E-state index contributed by atoms with van der Waals surface area (Å²) in [7, 11) is 0. The molecule has 0 bridgehead atoms. The lowest BCUT2D eigenvalue weighted by molar-refractivity contribution is 0.222. The fraction of sp³-hybridized carbons (Fsp3) is 0.111. The molecule has 0 aliphatic rings. The smallest absolute Gasteiger partial charge is 0.106 e. The summed E-state index contributed by atoms with van der Waals surface area (Å²) in [6.45, 7) is 2.07. The van der Waals surface area contributed by atoms with Gasteiger partial charge in [-0.3, -0.25) is 0 Å². The van der Waals surface area contributed by atoms with E-state index in [1.54, 1.807) is 6.07 Å². The Morgan fingerprint density at radius 3 is 2.33 bits per heavy atom. The quantitative estimate of drug-likeness (QED) is 0.625. The summed E-state index contributed by atoms with van der Waals surface area (Å²) in [6.07, 6.45) is -0.740. The average Bonchev–Trinajstić information content (AvgIpc) is 2.47. The van der Waals surface area contributed by atoms with Crippen LogP contribution in [0, 0.1) is 6.92 Å². The summed E-state index contributed by atoms with van der Waals surface area (Å²) >= 11 is 9.65. The Labute approximate surface area is 137 Å². The average molecular weight is 362 g/mol. The van der Waals surface area contributed by atoms with Gasteiger partial charge in [0.05, 0.1) is 0 Å². The lowest BCUT2D eigenvalue weighted by atomic mass is 9.94. The van der Waals surface area contributed by atoms with E-state index in [0.717, 1.165) is 20.8 Å². The second-order valence-electron chi connectivity index (χ2n) is 5.09. The number of aliphatic hydroxyl groups is 1. The number of hydrogen-bond acceptors (Lipinski definition) is 1. The molecule has 0 saturated carbocycles. The molecule has 0 heterocycles. The van der Waals surface area contributed by atoms with Crippen LogP contribution in [-0.2, 0) is 0 Å². The van der Waals surface area contributed by atoms with Crippen LogP contribution in [0.5, 0.6) is 0 Å². The lowest BCUT2D eigenvalue weighted by Crippen LogP contribution is -2.02. The van der Waals surface area contributed by atoms with Crippen molar-refractivity contribution in [2.75, 3.05) is 0 Å². The third-order valence-electron chi connectivity index (χ3n) is 3.73. The van der Waals surface area contributed by atoms with E-state index in [-0.39, 0.29) is 0 Å². The zero-order valence-corrected chi connectivity index (χ0v) is 13.8. The minimum Gasteiger partial charge on any atom is -0.384 e. The van der Waals surface area contributed by atoms with Gasteiger partial charge in [0.1, 0.15) is 6.10 Å². The van der Waals surface area contributed by atoms with Gasteiger partial charge in [-0.2, -0.15) is 0 Å². The minimum absolute atomic E-state index is 0.557. The van der Waals surface area contributed by atoms with Gasteiger partial charge in [-0.05, 0) is 41.0 Å². The minimum atomic E-state index is -0.740. The Bertz CT molecular complexity index is 813. The van der Waals surface area contributed by atoms with Crippen molar-refractivity contribution in [3.05, 3.63) is 80.8 Å². The molecule has 0 spiro atoms. The summed E-state index contributed by atoms with van der Waals surface area (Å²) in [5, 5.41) is 13.5. The normalized spacial score (nSPS) is 12.6. The molecule has 3 heteroatoms. The van der Waals surface area contributed by atoms with Gasteiger partial charge >= 0.3 is 0 Å². The number of benzene rings is 3. The summed E-state index contributed by atoms with van der Waals surface area (Å²) in [4.78, 5) is 0. The first-order valence-electron chi connectivity index (χ1n) is 6.69. The number of halogens is 2. The van der Waals surface area contributed by atoms with E-state index in [1.807, 2.05) is 42.5 Å². The molecule has 1 nitrogen and oxygen atoms in total. The first-order valence-corrected chi connectivity index (χ1v) is 7.86. The van der Waals surface area contributed by atoms with Crippen LogP contribution in [0.15, 0.2) is 59.1 Å². The number of aryl methyl sites for hydroxylation is 1. The van der Waals surface area contributed by atoms with E-state index in [2.05, 4.69) is 28.9 Å². The largest absolute Gasteiger partial charge is 0.384 e. The van der Waals surface area contributed by atoms with E-state index in [1.165, 1.54) is 5.56 Å². The molecule has 1 unspecified atom stereocenters. The molecule has 3 aromatic rings. The van der Waals surface area contributed by atoms with Gasteiger partial charge in [-0.25, -0.2) is 0 Å². The van der Waals surface area contributed by atoms with Crippen LogP contribution in [0.4, 0.5) is 0 Å². The highest BCUT2D eigenvalue weighted by Crippen LogP contribution is 2.34.